The third-order valence-electron chi connectivity index (χ3n) is 2.66. The standard InChI is InChI=1S/C15H17NO7.C2H6/c1-3-12-10-13(7-8-14(12)22-11(2)17)23-15(18)6-4-5-9-21-16(19)20;1-2/h3,7-8,10H,1,4-6,9H2,2H3;1-2H3. The normalized spacial score (nSPS) is 9.24. The molecule has 0 saturated carbocycles. The lowest BCUT2D eigenvalue weighted by molar-refractivity contribution is -0.757. The number of carbonyl (C=O) groups is 2. The van der Waals surface area contributed by atoms with Crippen LogP contribution in [0, 0.1) is 10.1 Å². The predicted molar refractivity (Wildman–Crippen MR) is 91.6 cm³/mol. The van der Waals surface area contributed by atoms with Gasteiger partial charge in [0, 0.05) is 18.9 Å². The van der Waals surface area contributed by atoms with E-state index in [0.717, 1.165) is 0 Å². The van der Waals surface area contributed by atoms with Gasteiger partial charge in [-0.1, -0.05) is 26.5 Å². The maximum Gasteiger partial charge on any atom is 0.311 e. The Balaban J connectivity index is 0.00000277. The van der Waals surface area contributed by atoms with E-state index in [1.807, 2.05) is 13.8 Å². The largest absolute Gasteiger partial charge is 0.427 e. The summed E-state index contributed by atoms with van der Waals surface area (Å²) in [5.74, 6) is -0.317. The van der Waals surface area contributed by atoms with Crippen molar-refractivity contribution in [2.75, 3.05) is 6.61 Å². The van der Waals surface area contributed by atoms with Gasteiger partial charge in [-0.3, -0.25) is 9.59 Å². The van der Waals surface area contributed by atoms with Crippen LogP contribution in [-0.4, -0.2) is 23.6 Å². The van der Waals surface area contributed by atoms with E-state index in [2.05, 4.69) is 11.4 Å². The first-order valence-electron chi connectivity index (χ1n) is 7.85. The number of esters is 2. The van der Waals surface area contributed by atoms with Crippen LogP contribution in [0.1, 0.15) is 45.6 Å². The quantitative estimate of drug-likeness (QED) is 0.220. The van der Waals surface area contributed by atoms with Gasteiger partial charge in [0.1, 0.15) is 11.5 Å². The van der Waals surface area contributed by atoms with Crippen LogP contribution in [0.4, 0.5) is 0 Å². The topological polar surface area (TPSA) is 105 Å². The maximum atomic E-state index is 11.7. The Hall–Kier alpha value is -2.90. The van der Waals surface area contributed by atoms with E-state index in [9.17, 15) is 19.7 Å². The van der Waals surface area contributed by atoms with Crippen molar-refractivity contribution in [1.82, 2.24) is 0 Å². The molecule has 0 saturated heterocycles. The molecule has 8 heteroatoms. The summed E-state index contributed by atoms with van der Waals surface area (Å²) in [5, 5.41) is 9.07. The molecule has 0 radical (unpaired) electrons. The molecule has 0 spiro atoms. The first-order chi connectivity index (χ1) is 11.9. The van der Waals surface area contributed by atoms with Gasteiger partial charge < -0.3 is 14.3 Å². The van der Waals surface area contributed by atoms with Crippen molar-refractivity contribution in [1.29, 1.82) is 0 Å². The van der Waals surface area contributed by atoms with Crippen LogP contribution in [0.5, 0.6) is 11.5 Å². The highest BCUT2D eigenvalue weighted by molar-refractivity contribution is 5.74. The van der Waals surface area contributed by atoms with Crippen molar-refractivity contribution in [3.05, 3.63) is 40.5 Å². The van der Waals surface area contributed by atoms with E-state index < -0.39 is 17.0 Å². The van der Waals surface area contributed by atoms with Crippen LogP contribution < -0.4 is 9.47 Å². The maximum absolute atomic E-state index is 11.7. The summed E-state index contributed by atoms with van der Waals surface area (Å²) in [4.78, 5) is 36.7. The Labute approximate surface area is 146 Å². The van der Waals surface area contributed by atoms with E-state index >= 15 is 0 Å². The Morgan fingerprint density at radius 3 is 2.48 bits per heavy atom. The number of hydrogen-bond donors (Lipinski definition) is 0. The van der Waals surface area contributed by atoms with Gasteiger partial charge >= 0.3 is 11.9 Å². The molecule has 0 bridgehead atoms. The van der Waals surface area contributed by atoms with E-state index in [0.29, 0.717) is 29.9 Å². The zero-order valence-corrected chi connectivity index (χ0v) is 14.6. The predicted octanol–water partition coefficient (Wildman–Crippen LogP) is 3.57. The van der Waals surface area contributed by atoms with Gasteiger partial charge in [0.25, 0.3) is 5.09 Å². The number of carbonyl (C=O) groups excluding carboxylic acids is 2. The van der Waals surface area contributed by atoms with Crippen molar-refractivity contribution in [3.8, 4) is 11.5 Å². The molecule has 0 N–H and O–H groups in total. The molecule has 138 valence electrons. The molecule has 1 aromatic carbocycles. The number of hydrogen-bond acceptors (Lipinski definition) is 7. The molecule has 0 heterocycles. The minimum absolute atomic E-state index is 0.0576. The molecule has 0 unspecified atom stereocenters. The van der Waals surface area contributed by atoms with Crippen molar-refractivity contribution < 1.29 is 29.0 Å². The summed E-state index contributed by atoms with van der Waals surface area (Å²) in [6.07, 6.45) is 2.37. The number of rotatable bonds is 9. The second-order valence-corrected chi connectivity index (χ2v) is 4.49. The monoisotopic (exact) mass is 353 g/mol. The number of nitrogens with zero attached hydrogens (tertiary/aromatic N) is 1. The molecule has 25 heavy (non-hydrogen) atoms. The van der Waals surface area contributed by atoms with Gasteiger partial charge in [0.15, 0.2) is 0 Å². The number of unbranched alkanes of at least 4 members (excludes halogenated alkanes) is 1. The van der Waals surface area contributed by atoms with Crippen molar-refractivity contribution in [2.24, 2.45) is 0 Å². The van der Waals surface area contributed by atoms with Gasteiger partial charge in [-0.05, 0) is 31.0 Å². The Morgan fingerprint density at radius 1 is 1.24 bits per heavy atom. The van der Waals surface area contributed by atoms with Crippen LogP contribution in [-0.2, 0) is 14.4 Å². The van der Waals surface area contributed by atoms with Gasteiger partial charge in [-0.15, -0.1) is 10.1 Å². The summed E-state index contributed by atoms with van der Waals surface area (Å²) < 4.78 is 10.1. The second-order valence-electron chi connectivity index (χ2n) is 4.49. The molecule has 0 amide bonds. The average Bonchev–Trinajstić information content (AvgIpc) is 2.57. The lowest BCUT2D eigenvalue weighted by Crippen LogP contribution is -2.09. The Kier molecular flexibility index (Phi) is 11.1. The third-order valence-corrected chi connectivity index (χ3v) is 2.66. The Bertz CT molecular complexity index is 599. The summed E-state index contributed by atoms with van der Waals surface area (Å²) >= 11 is 0. The van der Waals surface area contributed by atoms with Crippen molar-refractivity contribution in [3.63, 3.8) is 0 Å². The summed E-state index contributed by atoms with van der Waals surface area (Å²) in [5.41, 5.74) is 0.518. The van der Waals surface area contributed by atoms with Crippen LogP contribution in [0.15, 0.2) is 24.8 Å². The summed E-state index contributed by atoms with van der Waals surface area (Å²) in [6, 6.07) is 4.53. The van der Waals surface area contributed by atoms with E-state index in [-0.39, 0.29) is 13.0 Å². The SMILES string of the molecule is C=Cc1cc(OC(=O)CCCCO[N+](=O)[O-])ccc1OC(C)=O.CC. The summed E-state index contributed by atoms with van der Waals surface area (Å²) in [7, 11) is 0. The molecule has 0 fully saturated rings. The minimum Gasteiger partial charge on any atom is -0.427 e. The molecular weight excluding hydrogens is 330 g/mol. The van der Waals surface area contributed by atoms with Gasteiger partial charge in [-0.2, -0.15) is 0 Å². The highest BCUT2D eigenvalue weighted by Gasteiger charge is 2.09. The van der Waals surface area contributed by atoms with E-state index in [1.165, 1.54) is 31.2 Å². The van der Waals surface area contributed by atoms with Crippen LogP contribution in [0.2, 0.25) is 0 Å². The first kappa shape index (κ1) is 22.1. The van der Waals surface area contributed by atoms with Crippen LogP contribution >= 0.6 is 0 Å². The highest BCUT2D eigenvalue weighted by Crippen LogP contribution is 2.25. The fraction of sp³-hybridized carbons (Fsp3) is 0.412. The van der Waals surface area contributed by atoms with Crippen LogP contribution in [0.25, 0.3) is 6.08 Å². The Morgan fingerprint density at radius 2 is 1.92 bits per heavy atom. The minimum atomic E-state index is -0.875. The molecule has 0 atom stereocenters. The number of ether oxygens (including phenoxy) is 2. The summed E-state index contributed by atoms with van der Waals surface area (Å²) in [6.45, 7) is 8.83. The third kappa shape index (κ3) is 9.75. The number of benzene rings is 1. The van der Waals surface area contributed by atoms with Crippen molar-refractivity contribution >= 4 is 18.0 Å². The zero-order chi connectivity index (χ0) is 19.2. The highest BCUT2D eigenvalue weighted by atomic mass is 16.9. The lowest BCUT2D eigenvalue weighted by atomic mass is 10.2. The molecule has 0 aliphatic carbocycles. The van der Waals surface area contributed by atoms with E-state index in [1.54, 1.807) is 0 Å². The smallest absolute Gasteiger partial charge is 0.311 e. The molecule has 0 aliphatic rings. The zero-order valence-electron chi connectivity index (χ0n) is 14.6. The lowest BCUT2D eigenvalue weighted by Gasteiger charge is -2.09. The molecule has 8 nitrogen and oxygen atoms in total. The fourth-order valence-electron chi connectivity index (χ4n) is 1.69. The first-order valence-corrected chi connectivity index (χ1v) is 7.85. The molecule has 1 aromatic rings. The van der Waals surface area contributed by atoms with Gasteiger partial charge in [0.2, 0.25) is 0 Å². The second kappa shape index (κ2) is 12.5. The molecule has 0 aliphatic heterocycles. The average molecular weight is 353 g/mol. The van der Waals surface area contributed by atoms with Gasteiger partial charge in [-0.25, -0.2) is 0 Å². The van der Waals surface area contributed by atoms with Gasteiger partial charge in [0.05, 0.1) is 6.61 Å². The van der Waals surface area contributed by atoms with Crippen LogP contribution in [0.3, 0.4) is 0 Å². The van der Waals surface area contributed by atoms with E-state index in [4.69, 9.17) is 9.47 Å². The molecule has 0 aromatic heterocycles. The molecular formula is C17H23NO7. The fourth-order valence-corrected chi connectivity index (χ4v) is 1.69. The van der Waals surface area contributed by atoms with Crippen molar-refractivity contribution in [2.45, 2.75) is 40.0 Å². The molecule has 1 rings (SSSR count).